The first-order chi connectivity index (χ1) is 10.7. The van der Waals surface area contributed by atoms with Crippen LogP contribution in [0.5, 0.6) is 0 Å². The van der Waals surface area contributed by atoms with Crippen LogP contribution in [-0.4, -0.2) is 39.7 Å². The summed E-state index contributed by atoms with van der Waals surface area (Å²) in [6.45, 7) is 1.34. The lowest BCUT2D eigenvalue weighted by Crippen LogP contribution is -2.27. The Morgan fingerprint density at radius 3 is 2.95 bits per heavy atom. The van der Waals surface area contributed by atoms with E-state index in [1.807, 2.05) is 30.3 Å². The highest BCUT2D eigenvalue weighted by Crippen LogP contribution is 2.11. The number of nitrogens with zero attached hydrogens (tertiary/aromatic N) is 3. The van der Waals surface area contributed by atoms with Gasteiger partial charge in [0.25, 0.3) is 5.91 Å². The van der Waals surface area contributed by atoms with Crippen molar-refractivity contribution in [2.24, 2.45) is 0 Å². The zero-order chi connectivity index (χ0) is 15.4. The van der Waals surface area contributed by atoms with Crippen LogP contribution in [0.25, 0.3) is 0 Å². The van der Waals surface area contributed by atoms with E-state index < -0.39 is 6.17 Å². The molecule has 1 saturated heterocycles. The predicted molar refractivity (Wildman–Crippen MR) is 78.9 cm³/mol. The number of hydrogen-bond donors (Lipinski definition) is 2. The number of halogens is 1. The fourth-order valence-corrected chi connectivity index (χ4v) is 2.50. The normalized spacial score (nSPS) is 21.0. The number of carbonyl (C=O) groups is 1. The first-order valence-corrected chi connectivity index (χ1v) is 7.30. The Labute approximate surface area is 127 Å². The lowest BCUT2D eigenvalue weighted by atomic mass is 10.2. The summed E-state index contributed by atoms with van der Waals surface area (Å²) in [5.74, 6) is -0.266. The van der Waals surface area contributed by atoms with Gasteiger partial charge in [-0.25, -0.2) is 4.39 Å². The summed E-state index contributed by atoms with van der Waals surface area (Å²) in [6, 6.07) is 9.69. The molecule has 0 bridgehead atoms. The first-order valence-electron chi connectivity index (χ1n) is 7.30. The molecular weight excluding hydrogens is 285 g/mol. The lowest BCUT2D eigenvalue weighted by molar-refractivity contribution is 0.0946. The van der Waals surface area contributed by atoms with Gasteiger partial charge in [-0.3, -0.25) is 9.48 Å². The molecule has 1 fully saturated rings. The number of rotatable bonds is 5. The molecule has 1 aliphatic heterocycles. The zero-order valence-corrected chi connectivity index (χ0v) is 12.1. The molecule has 1 aliphatic rings. The van der Waals surface area contributed by atoms with Gasteiger partial charge in [0.15, 0.2) is 5.69 Å². The molecule has 2 N–H and O–H groups in total. The molecule has 3 rings (SSSR count). The number of hydrogen-bond acceptors (Lipinski definition) is 4. The maximum absolute atomic E-state index is 13.1. The first kappa shape index (κ1) is 14.6. The monoisotopic (exact) mass is 303 g/mol. The van der Waals surface area contributed by atoms with Crippen LogP contribution in [0.15, 0.2) is 36.5 Å². The van der Waals surface area contributed by atoms with Gasteiger partial charge >= 0.3 is 0 Å². The molecule has 2 atom stereocenters. The summed E-state index contributed by atoms with van der Waals surface area (Å²) >= 11 is 0. The van der Waals surface area contributed by atoms with Crippen LogP contribution in [0, 0.1) is 0 Å². The molecule has 22 heavy (non-hydrogen) atoms. The van der Waals surface area contributed by atoms with E-state index in [1.165, 1.54) is 0 Å². The molecule has 2 heterocycles. The van der Waals surface area contributed by atoms with E-state index in [-0.39, 0.29) is 17.6 Å². The number of benzene rings is 1. The fourth-order valence-electron chi connectivity index (χ4n) is 2.50. The van der Waals surface area contributed by atoms with Crippen LogP contribution in [0.4, 0.5) is 4.39 Å². The molecule has 7 heteroatoms. The van der Waals surface area contributed by atoms with Gasteiger partial charge in [-0.05, 0) is 12.0 Å². The van der Waals surface area contributed by atoms with E-state index in [0.717, 1.165) is 5.56 Å². The summed E-state index contributed by atoms with van der Waals surface area (Å²) in [4.78, 5) is 12.0. The SMILES string of the molecule is O=C(NCc1ccccc1)c1cn(C[C@@H]2C[C@H](F)CN2)nn1. The van der Waals surface area contributed by atoms with E-state index in [9.17, 15) is 9.18 Å². The van der Waals surface area contributed by atoms with Crippen LogP contribution >= 0.6 is 0 Å². The van der Waals surface area contributed by atoms with Crippen molar-refractivity contribution in [3.05, 3.63) is 47.8 Å². The molecule has 2 aromatic rings. The maximum Gasteiger partial charge on any atom is 0.273 e. The average molecular weight is 303 g/mol. The number of aromatic nitrogens is 3. The largest absolute Gasteiger partial charge is 0.347 e. The van der Waals surface area contributed by atoms with Crippen LogP contribution in [0.1, 0.15) is 22.5 Å². The standard InChI is InChI=1S/C15H18FN5O/c16-12-6-13(17-8-12)9-21-10-14(19-20-21)15(22)18-7-11-4-2-1-3-5-11/h1-5,10,12-13,17H,6-9H2,(H,18,22)/t12-,13-/m0/s1. The van der Waals surface area contributed by atoms with Crippen molar-refractivity contribution in [3.63, 3.8) is 0 Å². The van der Waals surface area contributed by atoms with Crippen LogP contribution in [-0.2, 0) is 13.1 Å². The molecule has 0 radical (unpaired) electrons. The molecule has 0 saturated carbocycles. The topological polar surface area (TPSA) is 71.8 Å². The smallest absolute Gasteiger partial charge is 0.273 e. The number of alkyl halides is 1. The summed E-state index contributed by atoms with van der Waals surface area (Å²) in [7, 11) is 0. The highest BCUT2D eigenvalue weighted by molar-refractivity contribution is 5.91. The number of amides is 1. The Morgan fingerprint density at radius 1 is 1.41 bits per heavy atom. The van der Waals surface area contributed by atoms with E-state index in [1.54, 1.807) is 10.9 Å². The van der Waals surface area contributed by atoms with E-state index >= 15 is 0 Å². The Kier molecular flexibility index (Phi) is 4.43. The Balaban J connectivity index is 1.53. The van der Waals surface area contributed by atoms with Crippen molar-refractivity contribution < 1.29 is 9.18 Å². The van der Waals surface area contributed by atoms with E-state index in [0.29, 0.717) is 26.1 Å². The zero-order valence-electron chi connectivity index (χ0n) is 12.1. The second kappa shape index (κ2) is 6.65. The fraction of sp³-hybridized carbons (Fsp3) is 0.400. The van der Waals surface area contributed by atoms with E-state index in [2.05, 4.69) is 20.9 Å². The molecule has 1 aromatic heterocycles. The minimum atomic E-state index is -0.804. The minimum Gasteiger partial charge on any atom is -0.347 e. The van der Waals surface area contributed by atoms with Crippen molar-refractivity contribution in [1.82, 2.24) is 25.6 Å². The second-order valence-corrected chi connectivity index (χ2v) is 5.43. The second-order valence-electron chi connectivity index (χ2n) is 5.43. The van der Waals surface area contributed by atoms with Crippen LogP contribution in [0.2, 0.25) is 0 Å². The molecule has 116 valence electrons. The highest BCUT2D eigenvalue weighted by Gasteiger charge is 2.24. The third kappa shape index (κ3) is 3.67. The Hall–Kier alpha value is -2.28. The summed E-state index contributed by atoms with van der Waals surface area (Å²) in [5, 5.41) is 13.7. The summed E-state index contributed by atoms with van der Waals surface area (Å²) in [5.41, 5.74) is 1.29. The van der Waals surface area contributed by atoms with Gasteiger partial charge in [0, 0.05) is 19.1 Å². The van der Waals surface area contributed by atoms with Gasteiger partial charge in [-0.1, -0.05) is 35.5 Å². The molecular formula is C15H18FN5O. The number of carbonyl (C=O) groups excluding carboxylic acids is 1. The predicted octanol–water partition coefficient (Wildman–Crippen LogP) is 0.908. The Bertz CT molecular complexity index is 630. The summed E-state index contributed by atoms with van der Waals surface area (Å²) < 4.78 is 14.7. The van der Waals surface area contributed by atoms with Crippen molar-refractivity contribution in [2.45, 2.75) is 31.7 Å². The third-order valence-corrected chi connectivity index (χ3v) is 3.64. The molecule has 1 aromatic carbocycles. The van der Waals surface area contributed by atoms with E-state index in [4.69, 9.17) is 0 Å². The van der Waals surface area contributed by atoms with Gasteiger partial charge in [0.2, 0.25) is 0 Å². The highest BCUT2D eigenvalue weighted by atomic mass is 19.1. The average Bonchev–Trinajstić information content (AvgIpc) is 3.16. The quantitative estimate of drug-likeness (QED) is 0.861. The maximum atomic E-state index is 13.1. The van der Waals surface area contributed by atoms with Crippen molar-refractivity contribution in [1.29, 1.82) is 0 Å². The third-order valence-electron chi connectivity index (χ3n) is 3.64. The molecule has 0 aliphatic carbocycles. The molecule has 0 spiro atoms. The van der Waals surface area contributed by atoms with Crippen LogP contribution in [0.3, 0.4) is 0 Å². The summed E-state index contributed by atoms with van der Waals surface area (Å²) in [6.07, 6.45) is 1.25. The molecule has 0 unspecified atom stereocenters. The van der Waals surface area contributed by atoms with Gasteiger partial charge in [-0.2, -0.15) is 0 Å². The van der Waals surface area contributed by atoms with Gasteiger partial charge < -0.3 is 10.6 Å². The number of nitrogens with one attached hydrogen (secondary N) is 2. The van der Waals surface area contributed by atoms with Crippen LogP contribution < -0.4 is 10.6 Å². The van der Waals surface area contributed by atoms with Crippen molar-refractivity contribution in [3.8, 4) is 0 Å². The lowest BCUT2D eigenvalue weighted by Gasteiger charge is -2.08. The Morgan fingerprint density at radius 2 is 2.23 bits per heavy atom. The van der Waals surface area contributed by atoms with Crippen molar-refractivity contribution >= 4 is 5.91 Å². The van der Waals surface area contributed by atoms with Crippen molar-refractivity contribution in [2.75, 3.05) is 6.54 Å². The van der Waals surface area contributed by atoms with Gasteiger partial charge in [0.05, 0.1) is 12.7 Å². The van der Waals surface area contributed by atoms with Gasteiger partial charge in [0.1, 0.15) is 6.17 Å². The molecule has 6 nitrogen and oxygen atoms in total. The molecule has 1 amide bonds. The van der Waals surface area contributed by atoms with Gasteiger partial charge in [-0.15, -0.1) is 5.10 Å². The minimum absolute atomic E-state index is 0.0388.